The van der Waals surface area contributed by atoms with Gasteiger partial charge in [-0.15, -0.1) is 0 Å². The Hall–Kier alpha value is -1.60. The lowest BCUT2D eigenvalue weighted by atomic mass is 10.0. The molecule has 20 heavy (non-hydrogen) atoms. The monoisotopic (exact) mass is 294 g/mol. The minimum Gasteiger partial charge on any atom is -0.353 e. The molecule has 0 aromatic heterocycles. The number of nitrogens with zero attached hydrogens (tertiary/aromatic N) is 1. The summed E-state index contributed by atoms with van der Waals surface area (Å²) in [6, 6.07) is -0.244. The molecular weight excluding hydrogens is 277 g/mol. The molecule has 0 spiro atoms. The molecule has 1 rings (SSSR count). The highest BCUT2D eigenvalue weighted by Crippen LogP contribution is 2.21. The van der Waals surface area contributed by atoms with Crippen LogP contribution in [0.2, 0.25) is 0 Å². The normalized spacial score (nSPS) is 16.9. The second kappa shape index (κ2) is 6.71. The summed E-state index contributed by atoms with van der Waals surface area (Å²) in [6.07, 6.45) is -4.05. The Labute approximate surface area is 114 Å². The van der Waals surface area contributed by atoms with Gasteiger partial charge in [0, 0.05) is 32.0 Å². The lowest BCUT2D eigenvalue weighted by molar-refractivity contribution is -0.186. The molecule has 0 atom stereocenters. The van der Waals surface area contributed by atoms with Gasteiger partial charge in [-0.05, 0) is 19.8 Å². The summed E-state index contributed by atoms with van der Waals surface area (Å²) in [5.74, 6) is -2.22. The van der Waals surface area contributed by atoms with Gasteiger partial charge in [-0.25, -0.2) is 0 Å². The number of hydrogen-bond acceptors (Lipinski definition) is 3. The molecule has 1 saturated heterocycles. The van der Waals surface area contributed by atoms with Gasteiger partial charge in [0.25, 0.3) is 0 Å². The maximum Gasteiger partial charge on any atom is 0.471 e. The molecule has 1 N–H and O–H groups in total. The van der Waals surface area contributed by atoms with Crippen LogP contribution < -0.4 is 5.32 Å². The van der Waals surface area contributed by atoms with Crippen LogP contribution in [-0.4, -0.2) is 47.8 Å². The van der Waals surface area contributed by atoms with Crippen molar-refractivity contribution in [3.05, 3.63) is 0 Å². The van der Waals surface area contributed by atoms with Gasteiger partial charge in [0.05, 0.1) is 0 Å². The summed E-state index contributed by atoms with van der Waals surface area (Å²) < 4.78 is 36.7. The van der Waals surface area contributed by atoms with Crippen molar-refractivity contribution >= 4 is 17.6 Å². The van der Waals surface area contributed by atoms with Crippen molar-refractivity contribution < 1.29 is 27.6 Å². The van der Waals surface area contributed by atoms with Crippen molar-refractivity contribution in [3.8, 4) is 0 Å². The minimum absolute atomic E-state index is 0.0317. The fraction of sp³-hybridized carbons (Fsp3) is 0.750. The van der Waals surface area contributed by atoms with E-state index in [1.165, 1.54) is 6.92 Å². The lowest BCUT2D eigenvalue weighted by Gasteiger charge is -2.32. The van der Waals surface area contributed by atoms with E-state index in [-0.39, 0.29) is 56.5 Å². The molecule has 1 aliphatic rings. The lowest BCUT2D eigenvalue weighted by Crippen LogP contribution is -2.50. The molecule has 1 aliphatic heterocycles. The Balaban J connectivity index is 2.34. The van der Waals surface area contributed by atoms with Gasteiger partial charge in [-0.3, -0.25) is 9.59 Å². The van der Waals surface area contributed by atoms with Gasteiger partial charge < -0.3 is 15.0 Å². The Morgan fingerprint density at radius 2 is 1.70 bits per heavy atom. The summed E-state index contributed by atoms with van der Waals surface area (Å²) in [5.41, 5.74) is 0. The molecule has 8 heteroatoms. The third-order valence-electron chi connectivity index (χ3n) is 3.09. The zero-order valence-corrected chi connectivity index (χ0v) is 11.1. The van der Waals surface area contributed by atoms with Gasteiger partial charge in [0.2, 0.25) is 5.91 Å². The number of alkyl halides is 3. The number of halogens is 3. The van der Waals surface area contributed by atoms with E-state index in [9.17, 15) is 27.6 Å². The molecular formula is C12H17F3N2O3. The van der Waals surface area contributed by atoms with Gasteiger partial charge in [-0.2, -0.15) is 13.2 Å². The van der Waals surface area contributed by atoms with E-state index in [0.29, 0.717) is 0 Å². The molecule has 5 nitrogen and oxygen atoms in total. The second-order valence-electron chi connectivity index (χ2n) is 4.83. The molecule has 0 saturated carbocycles. The van der Waals surface area contributed by atoms with Gasteiger partial charge in [0.15, 0.2) is 0 Å². The van der Waals surface area contributed by atoms with Crippen molar-refractivity contribution in [2.75, 3.05) is 13.1 Å². The summed E-state index contributed by atoms with van der Waals surface area (Å²) in [7, 11) is 0. The van der Waals surface area contributed by atoms with Gasteiger partial charge in [-0.1, -0.05) is 0 Å². The largest absolute Gasteiger partial charge is 0.471 e. The van der Waals surface area contributed by atoms with E-state index in [0.717, 1.165) is 4.90 Å². The Bertz CT molecular complexity index is 388. The standard InChI is InChI=1S/C12H17F3N2O3/c1-8(18)2-3-10(19)16-9-4-6-17(7-5-9)11(20)12(13,14)15/h9H,2-7H2,1H3,(H,16,19). The summed E-state index contributed by atoms with van der Waals surface area (Å²) in [6.45, 7) is 1.32. The third kappa shape index (κ3) is 5.18. The van der Waals surface area contributed by atoms with E-state index in [4.69, 9.17) is 0 Å². The Morgan fingerprint density at radius 1 is 1.15 bits per heavy atom. The molecule has 0 bridgehead atoms. The zero-order chi connectivity index (χ0) is 15.3. The van der Waals surface area contributed by atoms with Crippen molar-refractivity contribution in [1.29, 1.82) is 0 Å². The highest BCUT2D eigenvalue weighted by atomic mass is 19.4. The number of carbonyl (C=O) groups is 3. The molecule has 1 heterocycles. The van der Waals surface area contributed by atoms with Crippen LogP contribution in [0.5, 0.6) is 0 Å². The Morgan fingerprint density at radius 3 is 2.15 bits per heavy atom. The summed E-state index contributed by atoms with van der Waals surface area (Å²) in [4.78, 5) is 33.9. The molecule has 1 fully saturated rings. The molecule has 0 aromatic carbocycles. The molecule has 0 aromatic rings. The third-order valence-corrected chi connectivity index (χ3v) is 3.09. The number of rotatable bonds is 4. The molecule has 0 aliphatic carbocycles. The number of hydrogen-bond donors (Lipinski definition) is 1. The smallest absolute Gasteiger partial charge is 0.353 e. The molecule has 114 valence electrons. The van der Waals surface area contributed by atoms with Crippen molar-refractivity contribution in [2.45, 2.75) is 44.8 Å². The van der Waals surface area contributed by atoms with Crippen LogP contribution in [0, 0.1) is 0 Å². The first-order valence-electron chi connectivity index (χ1n) is 6.35. The van der Waals surface area contributed by atoms with Gasteiger partial charge in [0.1, 0.15) is 5.78 Å². The second-order valence-corrected chi connectivity index (χ2v) is 4.83. The summed E-state index contributed by atoms with van der Waals surface area (Å²) in [5, 5.41) is 2.66. The van der Waals surface area contributed by atoms with Gasteiger partial charge >= 0.3 is 12.1 Å². The van der Waals surface area contributed by atoms with Crippen LogP contribution >= 0.6 is 0 Å². The van der Waals surface area contributed by atoms with Crippen LogP contribution in [0.4, 0.5) is 13.2 Å². The fourth-order valence-corrected chi connectivity index (χ4v) is 2.00. The first-order chi connectivity index (χ1) is 9.20. The maximum atomic E-state index is 12.2. The number of piperidine rings is 1. The maximum absolute atomic E-state index is 12.2. The highest BCUT2D eigenvalue weighted by molar-refractivity contribution is 5.84. The predicted molar refractivity (Wildman–Crippen MR) is 63.7 cm³/mol. The average Bonchev–Trinajstić information content (AvgIpc) is 2.35. The van der Waals surface area contributed by atoms with Crippen LogP contribution in [0.15, 0.2) is 0 Å². The van der Waals surface area contributed by atoms with E-state index < -0.39 is 12.1 Å². The molecule has 0 radical (unpaired) electrons. The van der Waals surface area contributed by atoms with Crippen LogP contribution in [0.3, 0.4) is 0 Å². The van der Waals surface area contributed by atoms with E-state index in [2.05, 4.69) is 5.32 Å². The number of amides is 2. The van der Waals surface area contributed by atoms with Crippen molar-refractivity contribution in [2.24, 2.45) is 0 Å². The molecule has 2 amide bonds. The number of nitrogens with one attached hydrogen (secondary N) is 1. The van der Waals surface area contributed by atoms with Crippen LogP contribution in [-0.2, 0) is 14.4 Å². The average molecular weight is 294 g/mol. The number of likely N-dealkylation sites (tertiary alicyclic amines) is 1. The highest BCUT2D eigenvalue weighted by Gasteiger charge is 2.43. The zero-order valence-electron chi connectivity index (χ0n) is 11.1. The molecule has 0 unspecified atom stereocenters. The number of Topliss-reactive ketones (excluding diaryl/α,β-unsaturated/α-hetero) is 1. The number of carbonyl (C=O) groups excluding carboxylic acids is 3. The van der Waals surface area contributed by atoms with Crippen LogP contribution in [0.25, 0.3) is 0 Å². The topological polar surface area (TPSA) is 66.5 Å². The quantitative estimate of drug-likeness (QED) is 0.842. The first-order valence-corrected chi connectivity index (χ1v) is 6.35. The van der Waals surface area contributed by atoms with E-state index >= 15 is 0 Å². The fourth-order valence-electron chi connectivity index (χ4n) is 2.00. The SMILES string of the molecule is CC(=O)CCC(=O)NC1CCN(C(=O)C(F)(F)F)CC1. The minimum atomic E-state index is -4.85. The Kier molecular flexibility index (Phi) is 5.52. The van der Waals surface area contributed by atoms with E-state index in [1.54, 1.807) is 0 Å². The predicted octanol–water partition coefficient (Wildman–Crippen LogP) is 1.03. The van der Waals surface area contributed by atoms with Crippen LogP contribution in [0.1, 0.15) is 32.6 Å². The summed E-state index contributed by atoms with van der Waals surface area (Å²) >= 11 is 0. The van der Waals surface area contributed by atoms with Crippen molar-refractivity contribution in [3.63, 3.8) is 0 Å². The number of ketones is 1. The van der Waals surface area contributed by atoms with Crippen molar-refractivity contribution in [1.82, 2.24) is 10.2 Å². The van der Waals surface area contributed by atoms with E-state index in [1.807, 2.05) is 0 Å². The first kappa shape index (κ1) is 16.5.